The molecule has 4 aromatic carbocycles. The van der Waals surface area contributed by atoms with Crippen LogP contribution in [0.25, 0.3) is 5.57 Å². The van der Waals surface area contributed by atoms with Crippen LogP contribution >= 0.6 is 0 Å². The summed E-state index contributed by atoms with van der Waals surface area (Å²) in [6.07, 6.45) is 17.0. The number of hydrogen-bond donors (Lipinski definition) is 1. The van der Waals surface area contributed by atoms with Crippen molar-refractivity contribution in [3.05, 3.63) is 149 Å². The van der Waals surface area contributed by atoms with Gasteiger partial charge in [0.05, 0.1) is 0 Å². The first-order chi connectivity index (χ1) is 24.8. The van der Waals surface area contributed by atoms with Crippen molar-refractivity contribution in [3.8, 4) is 0 Å². The molecule has 51 heavy (non-hydrogen) atoms. The van der Waals surface area contributed by atoms with E-state index < -0.39 is 10.1 Å². The molecular formula is C45H53N2O3S+. The smallest absolute Gasteiger partial charge is 0.295 e. The van der Waals surface area contributed by atoms with Gasteiger partial charge in [-0.2, -0.15) is 13.0 Å². The summed E-state index contributed by atoms with van der Waals surface area (Å²) in [5, 5.41) is 0. The second-order valence-corrected chi connectivity index (χ2v) is 14.7. The molecule has 0 aliphatic heterocycles. The van der Waals surface area contributed by atoms with Crippen LogP contribution in [0.2, 0.25) is 0 Å². The molecule has 6 heteroatoms. The summed E-state index contributed by atoms with van der Waals surface area (Å²) in [7, 11) is -4.48. The lowest BCUT2D eigenvalue weighted by Gasteiger charge is -2.26. The normalized spacial score (nSPS) is 12.7. The molecule has 0 unspecified atom stereocenters. The fourth-order valence-electron chi connectivity index (χ4n) is 6.70. The van der Waals surface area contributed by atoms with Gasteiger partial charge >= 0.3 is 0 Å². The number of allylic oxidation sites excluding steroid dienone is 5. The summed E-state index contributed by atoms with van der Waals surface area (Å²) in [6, 6.07) is 32.8. The molecule has 0 radical (unpaired) electrons. The number of hydrogen-bond acceptors (Lipinski definition) is 3. The van der Waals surface area contributed by atoms with E-state index in [-0.39, 0.29) is 4.90 Å². The van der Waals surface area contributed by atoms with Gasteiger partial charge in [-0.15, -0.1) is 0 Å². The topological polar surface area (TPSA) is 60.6 Å². The Hall–Kier alpha value is -4.52. The Kier molecular flexibility index (Phi) is 13.4. The summed E-state index contributed by atoms with van der Waals surface area (Å²) < 4.78 is 38.0. The SMILES string of the molecule is CCCCN(c1ccc(CCC)cc1)c1ccc(C(=C2C=CC(=[N+](CCCC)c3ccc(CCC)cc3)C=C2)c2ccccc2S(=O)(=O)O)cc1. The number of benzene rings is 4. The quantitative estimate of drug-likeness (QED) is 0.0933. The predicted octanol–water partition coefficient (Wildman–Crippen LogP) is 11.3. The highest BCUT2D eigenvalue weighted by atomic mass is 32.2. The van der Waals surface area contributed by atoms with E-state index in [4.69, 9.17) is 0 Å². The third-order valence-electron chi connectivity index (χ3n) is 9.41. The Morgan fingerprint density at radius 2 is 1.20 bits per heavy atom. The first-order valence-electron chi connectivity index (χ1n) is 18.6. The van der Waals surface area contributed by atoms with E-state index >= 15 is 0 Å². The third kappa shape index (κ3) is 9.63. The van der Waals surface area contributed by atoms with Gasteiger partial charge in [-0.1, -0.05) is 108 Å². The van der Waals surface area contributed by atoms with Crippen molar-refractivity contribution in [1.29, 1.82) is 0 Å². The van der Waals surface area contributed by atoms with Gasteiger partial charge in [0.2, 0.25) is 11.4 Å². The van der Waals surface area contributed by atoms with Gasteiger partial charge in [0.1, 0.15) is 11.4 Å². The Morgan fingerprint density at radius 1 is 0.647 bits per heavy atom. The van der Waals surface area contributed by atoms with Crippen LogP contribution in [0.4, 0.5) is 17.1 Å². The summed E-state index contributed by atoms with van der Waals surface area (Å²) in [5.74, 6) is 0. The maximum absolute atomic E-state index is 12.7. The Morgan fingerprint density at radius 3 is 1.75 bits per heavy atom. The van der Waals surface area contributed by atoms with E-state index in [2.05, 4.69) is 134 Å². The van der Waals surface area contributed by atoms with Crippen molar-refractivity contribution in [3.63, 3.8) is 0 Å². The predicted molar refractivity (Wildman–Crippen MR) is 214 cm³/mol. The molecule has 266 valence electrons. The van der Waals surface area contributed by atoms with Crippen molar-refractivity contribution in [2.75, 3.05) is 18.0 Å². The summed E-state index contributed by atoms with van der Waals surface area (Å²) in [4.78, 5) is 2.24. The molecule has 1 aliphatic rings. The Balaban J connectivity index is 1.59. The molecular weight excluding hydrogens is 649 g/mol. The highest BCUT2D eigenvalue weighted by Gasteiger charge is 2.23. The van der Waals surface area contributed by atoms with Gasteiger partial charge in [-0.25, -0.2) is 0 Å². The average Bonchev–Trinajstić information content (AvgIpc) is 3.14. The molecule has 5 nitrogen and oxygen atoms in total. The minimum absolute atomic E-state index is 0.110. The minimum Gasteiger partial charge on any atom is -0.341 e. The van der Waals surface area contributed by atoms with Crippen LogP contribution < -0.4 is 4.90 Å². The maximum Gasteiger partial charge on any atom is 0.295 e. The summed E-state index contributed by atoms with van der Waals surface area (Å²) in [6.45, 7) is 10.6. The highest BCUT2D eigenvalue weighted by Crippen LogP contribution is 2.36. The highest BCUT2D eigenvalue weighted by molar-refractivity contribution is 7.86. The van der Waals surface area contributed by atoms with Crippen molar-refractivity contribution in [2.45, 2.75) is 84.0 Å². The molecule has 0 heterocycles. The monoisotopic (exact) mass is 701 g/mol. The zero-order valence-corrected chi connectivity index (χ0v) is 31.5. The van der Waals surface area contributed by atoms with Crippen LogP contribution in [0.3, 0.4) is 0 Å². The molecule has 0 saturated heterocycles. The van der Waals surface area contributed by atoms with Crippen LogP contribution in [0.1, 0.15) is 88.5 Å². The number of aryl methyl sites for hydroxylation is 2. The minimum atomic E-state index is -4.48. The van der Waals surface area contributed by atoms with E-state index in [0.29, 0.717) is 5.56 Å². The van der Waals surface area contributed by atoms with Crippen molar-refractivity contribution in [1.82, 2.24) is 0 Å². The zero-order valence-electron chi connectivity index (χ0n) is 30.7. The number of nitrogens with zero attached hydrogens (tertiary/aromatic N) is 2. The maximum atomic E-state index is 12.7. The molecule has 0 bridgehead atoms. The van der Waals surface area contributed by atoms with Gasteiger partial charge in [-0.3, -0.25) is 4.55 Å². The fourth-order valence-corrected chi connectivity index (χ4v) is 7.40. The van der Waals surface area contributed by atoms with Gasteiger partial charge < -0.3 is 4.90 Å². The van der Waals surface area contributed by atoms with Gasteiger partial charge in [0, 0.05) is 54.2 Å². The lowest BCUT2D eigenvalue weighted by atomic mass is 9.90. The van der Waals surface area contributed by atoms with Crippen LogP contribution in [0, 0.1) is 0 Å². The number of anilines is 2. The fraction of sp³-hybridized carbons (Fsp3) is 0.311. The molecule has 0 fully saturated rings. The van der Waals surface area contributed by atoms with Gasteiger partial charge in [0.15, 0.2) is 0 Å². The van der Waals surface area contributed by atoms with E-state index in [9.17, 15) is 13.0 Å². The van der Waals surface area contributed by atoms with Crippen LogP contribution in [0.15, 0.2) is 132 Å². The Bertz CT molecular complexity index is 1970. The van der Waals surface area contributed by atoms with Crippen LogP contribution in [0.5, 0.6) is 0 Å². The first-order valence-corrected chi connectivity index (χ1v) is 20.1. The van der Waals surface area contributed by atoms with Gasteiger partial charge in [0.25, 0.3) is 10.1 Å². The van der Waals surface area contributed by atoms with Crippen LogP contribution in [-0.4, -0.2) is 36.3 Å². The average molecular weight is 702 g/mol. The second-order valence-electron chi connectivity index (χ2n) is 13.3. The van der Waals surface area contributed by atoms with E-state index in [0.717, 1.165) is 104 Å². The number of rotatable bonds is 16. The van der Waals surface area contributed by atoms with Crippen LogP contribution in [-0.2, 0) is 23.0 Å². The molecule has 1 N–H and O–H groups in total. The first kappa shape index (κ1) is 37.7. The van der Waals surface area contributed by atoms with E-state index in [1.165, 1.54) is 17.2 Å². The molecule has 4 aromatic rings. The van der Waals surface area contributed by atoms with E-state index in [1.54, 1.807) is 12.1 Å². The molecule has 0 spiro atoms. The van der Waals surface area contributed by atoms with Crippen molar-refractivity contribution in [2.24, 2.45) is 0 Å². The van der Waals surface area contributed by atoms with E-state index in [1.807, 2.05) is 6.07 Å². The third-order valence-corrected chi connectivity index (χ3v) is 10.3. The summed E-state index contributed by atoms with van der Waals surface area (Å²) in [5.41, 5.74) is 10.1. The standard InChI is InChI=1S/C45H52N2O3S/c1-5-9-33-46(39-25-17-35(13-7-3)18-26-39)41-29-21-37(22-30-41)45(43-15-11-12-16-44(43)51(48,49)50)38-23-31-42(32-24-38)47(34-10-6-2)40-27-19-36(14-8-4)20-28-40/h11-12,15-32H,5-10,13-14,33-34H2,1-4H3/p+1. The summed E-state index contributed by atoms with van der Waals surface area (Å²) >= 11 is 0. The lowest BCUT2D eigenvalue weighted by Crippen LogP contribution is -2.18. The molecule has 0 atom stereocenters. The molecule has 0 aromatic heterocycles. The number of unbranched alkanes of at least 4 members (excludes halogenated alkanes) is 2. The van der Waals surface area contributed by atoms with Crippen molar-refractivity contribution < 1.29 is 17.5 Å². The molecule has 0 saturated carbocycles. The largest absolute Gasteiger partial charge is 0.341 e. The molecule has 0 amide bonds. The Labute approximate surface area is 306 Å². The molecule has 1 aliphatic carbocycles. The van der Waals surface area contributed by atoms with Gasteiger partial charge in [-0.05, 0) is 89.6 Å². The molecule has 5 rings (SSSR count). The lowest BCUT2D eigenvalue weighted by molar-refractivity contribution is -0.439. The van der Waals surface area contributed by atoms with Crippen molar-refractivity contribution >= 4 is 38.5 Å². The second kappa shape index (κ2) is 18.1. The zero-order chi connectivity index (χ0) is 36.2.